The van der Waals surface area contributed by atoms with Crippen LogP contribution < -0.4 is 22.9 Å². The number of nitrogens with two attached hydrogens (primary N) is 4. The molecule has 0 heterocycles. The summed E-state index contributed by atoms with van der Waals surface area (Å²) in [5.74, 6) is 0. The van der Waals surface area contributed by atoms with E-state index in [-0.39, 0.29) is 6.67 Å². The SMILES string of the molecule is NCCCCN.NCN. The molecule has 0 aliphatic rings. The fourth-order valence-electron chi connectivity index (χ4n) is 0.289. The van der Waals surface area contributed by atoms with Crippen molar-refractivity contribution in [2.24, 2.45) is 22.9 Å². The molecule has 0 rings (SSSR count). The maximum atomic E-state index is 5.16. The average molecular weight is 134 g/mol. The Hall–Kier alpha value is -0.160. The summed E-state index contributed by atoms with van der Waals surface area (Å²) in [5.41, 5.74) is 19.6. The third kappa shape index (κ3) is 33.2. The van der Waals surface area contributed by atoms with Crippen LogP contribution in [-0.2, 0) is 0 Å². The van der Waals surface area contributed by atoms with Crippen LogP contribution in [0, 0.1) is 0 Å². The van der Waals surface area contributed by atoms with Gasteiger partial charge in [-0.1, -0.05) is 0 Å². The van der Waals surface area contributed by atoms with Crippen molar-refractivity contribution in [2.45, 2.75) is 12.8 Å². The van der Waals surface area contributed by atoms with Crippen molar-refractivity contribution < 1.29 is 0 Å². The fraction of sp³-hybridized carbons (Fsp3) is 1.00. The molecule has 0 amide bonds. The molecule has 0 aliphatic carbocycles. The van der Waals surface area contributed by atoms with Gasteiger partial charge >= 0.3 is 0 Å². The van der Waals surface area contributed by atoms with E-state index in [2.05, 4.69) is 11.5 Å². The summed E-state index contributed by atoms with van der Waals surface area (Å²) in [4.78, 5) is 0. The smallest absolute Gasteiger partial charge is 0.0403 e. The minimum Gasteiger partial charge on any atom is -0.330 e. The van der Waals surface area contributed by atoms with Crippen molar-refractivity contribution in [2.75, 3.05) is 19.8 Å². The molecule has 4 nitrogen and oxygen atoms in total. The topological polar surface area (TPSA) is 104 Å². The zero-order valence-electron chi connectivity index (χ0n) is 5.84. The van der Waals surface area contributed by atoms with Crippen molar-refractivity contribution in [3.63, 3.8) is 0 Å². The zero-order chi connectivity index (χ0) is 7.54. The lowest BCUT2D eigenvalue weighted by atomic mass is 10.3. The third-order valence-electron chi connectivity index (χ3n) is 0.658. The molecule has 9 heavy (non-hydrogen) atoms. The van der Waals surface area contributed by atoms with Gasteiger partial charge in [-0.3, -0.25) is 0 Å². The van der Waals surface area contributed by atoms with Gasteiger partial charge < -0.3 is 22.9 Å². The summed E-state index contributed by atoms with van der Waals surface area (Å²) in [5, 5.41) is 0. The van der Waals surface area contributed by atoms with E-state index in [0.717, 1.165) is 25.9 Å². The predicted octanol–water partition coefficient (Wildman–Crippen LogP) is -1.45. The van der Waals surface area contributed by atoms with Gasteiger partial charge in [0, 0.05) is 6.67 Å². The van der Waals surface area contributed by atoms with Gasteiger partial charge in [-0.15, -0.1) is 0 Å². The summed E-state index contributed by atoms with van der Waals surface area (Å²) < 4.78 is 0. The van der Waals surface area contributed by atoms with Crippen molar-refractivity contribution in [1.82, 2.24) is 0 Å². The van der Waals surface area contributed by atoms with E-state index >= 15 is 0 Å². The van der Waals surface area contributed by atoms with Gasteiger partial charge in [-0.2, -0.15) is 0 Å². The van der Waals surface area contributed by atoms with E-state index in [0.29, 0.717) is 0 Å². The highest BCUT2D eigenvalue weighted by molar-refractivity contribution is 4.38. The number of hydrogen-bond acceptors (Lipinski definition) is 4. The standard InChI is InChI=1S/C4H12N2.CH6N2/c5-3-1-2-4-6;2-1-3/h1-6H2;1-3H2. The minimum absolute atomic E-state index is 0.250. The van der Waals surface area contributed by atoms with Crippen LogP contribution in [0.3, 0.4) is 0 Å². The lowest BCUT2D eigenvalue weighted by Crippen LogP contribution is -2.08. The number of hydrogen-bond donors (Lipinski definition) is 4. The quantitative estimate of drug-likeness (QED) is 0.280. The lowest BCUT2D eigenvalue weighted by Gasteiger charge is -1.87. The second kappa shape index (κ2) is 15.7. The summed E-state index contributed by atoms with van der Waals surface area (Å²) in [7, 11) is 0. The molecule has 0 radical (unpaired) electrons. The summed E-state index contributed by atoms with van der Waals surface area (Å²) in [6.45, 7) is 1.80. The fourth-order valence-corrected chi connectivity index (χ4v) is 0.289. The van der Waals surface area contributed by atoms with E-state index in [1.54, 1.807) is 0 Å². The van der Waals surface area contributed by atoms with Crippen molar-refractivity contribution in [3.8, 4) is 0 Å². The second-order valence-electron chi connectivity index (χ2n) is 1.52. The van der Waals surface area contributed by atoms with E-state index in [4.69, 9.17) is 11.5 Å². The highest BCUT2D eigenvalue weighted by Crippen LogP contribution is 1.77. The molecule has 58 valence electrons. The highest BCUT2D eigenvalue weighted by atomic mass is 14.7. The Balaban J connectivity index is 0. The average Bonchev–Trinajstić information content (AvgIpc) is 1.86. The first-order chi connectivity index (χ1) is 4.33. The molecule has 0 atom stereocenters. The Bertz CT molecular complexity index is 28.1. The molecule has 0 aromatic carbocycles. The minimum atomic E-state index is 0.250. The number of unbranched alkanes of at least 4 members (excludes halogenated alkanes) is 1. The van der Waals surface area contributed by atoms with Crippen LogP contribution in [0.5, 0.6) is 0 Å². The Labute approximate surface area is 56.6 Å². The Morgan fingerprint density at radius 3 is 1.00 bits per heavy atom. The molecule has 0 spiro atoms. The first-order valence-corrected chi connectivity index (χ1v) is 3.13. The van der Waals surface area contributed by atoms with Crippen molar-refractivity contribution in [1.29, 1.82) is 0 Å². The van der Waals surface area contributed by atoms with Gasteiger partial charge in [0.15, 0.2) is 0 Å². The van der Waals surface area contributed by atoms with Crippen LogP contribution in [0.15, 0.2) is 0 Å². The van der Waals surface area contributed by atoms with Crippen LogP contribution >= 0.6 is 0 Å². The molecule has 0 aromatic rings. The van der Waals surface area contributed by atoms with Crippen molar-refractivity contribution >= 4 is 0 Å². The molecule has 0 unspecified atom stereocenters. The predicted molar refractivity (Wildman–Crippen MR) is 40.6 cm³/mol. The molecule has 8 N–H and O–H groups in total. The zero-order valence-corrected chi connectivity index (χ0v) is 5.84. The van der Waals surface area contributed by atoms with Gasteiger partial charge in [-0.05, 0) is 25.9 Å². The first-order valence-electron chi connectivity index (χ1n) is 3.13. The molecule has 4 heteroatoms. The summed E-state index contributed by atoms with van der Waals surface area (Å²) in [6, 6.07) is 0. The van der Waals surface area contributed by atoms with E-state index in [9.17, 15) is 0 Å². The Morgan fingerprint density at radius 2 is 0.889 bits per heavy atom. The molecular weight excluding hydrogens is 116 g/mol. The molecule has 0 bridgehead atoms. The summed E-state index contributed by atoms with van der Waals surface area (Å²) in [6.07, 6.45) is 2.13. The molecule has 0 saturated heterocycles. The first kappa shape index (κ1) is 11.6. The number of rotatable bonds is 3. The van der Waals surface area contributed by atoms with Gasteiger partial charge in [0.1, 0.15) is 0 Å². The monoisotopic (exact) mass is 134 g/mol. The Morgan fingerprint density at radius 1 is 0.667 bits per heavy atom. The van der Waals surface area contributed by atoms with Crippen LogP contribution in [0.4, 0.5) is 0 Å². The van der Waals surface area contributed by atoms with E-state index < -0.39 is 0 Å². The normalized spacial score (nSPS) is 8.00. The third-order valence-corrected chi connectivity index (χ3v) is 0.658. The van der Waals surface area contributed by atoms with E-state index in [1.165, 1.54) is 0 Å². The van der Waals surface area contributed by atoms with Crippen LogP contribution in [0.1, 0.15) is 12.8 Å². The second-order valence-corrected chi connectivity index (χ2v) is 1.52. The van der Waals surface area contributed by atoms with E-state index in [1.807, 2.05) is 0 Å². The lowest BCUT2D eigenvalue weighted by molar-refractivity contribution is 0.755. The van der Waals surface area contributed by atoms with Gasteiger partial charge in [0.2, 0.25) is 0 Å². The Kier molecular flexibility index (Phi) is 20.2. The molecule has 0 saturated carbocycles. The maximum Gasteiger partial charge on any atom is 0.0403 e. The molecule has 0 aliphatic heterocycles. The maximum absolute atomic E-state index is 5.16. The van der Waals surface area contributed by atoms with Gasteiger partial charge in [0.25, 0.3) is 0 Å². The summed E-state index contributed by atoms with van der Waals surface area (Å²) >= 11 is 0. The van der Waals surface area contributed by atoms with Gasteiger partial charge in [-0.25, -0.2) is 0 Å². The van der Waals surface area contributed by atoms with Gasteiger partial charge in [0.05, 0.1) is 0 Å². The molecule has 0 aromatic heterocycles. The van der Waals surface area contributed by atoms with Crippen molar-refractivity contribution in [3.05, 3.63) is 0 Å². The van der Waals surface area contributed by atoms with Crippen LogP contribution in [0.2, 0.25) is 0 Å². The molecule has 0 fully saturated rings. The largest absolute Gasteiger partial charge is 0.330 e. The molecular formula is C5H18N4. The van der Waals surface area contributed by atoms with Crippen LogP contribution in [-0.4, -0.2) is 19.8 Å². The van der Waals surface area contributed by atoms with Crippen LogP contribution in [0.25, 0.3) is 0 Å². The highest BCUT2D eigenvalue weighted by Gasteiger charge is 1.75.